The van der Waals surface area contributed by atoms with E-state index in [4.69, 9.17) is 4.74 Å². The van der Waals surface area contributed by atoms with Crippen LogP contribution >= 0.6 is 11.8 Å². The molecule has 0 amide bonds. The molecule has 2 aliphatic heterocycles. The van der Waals surface area contributed by atoms with Crippen molar-refractivity contribution in [1.82, 2.24) is 10.2 Å². The van der Waals surface area contributed by atoms with Gasteiger partial charge in [-0.1, -0.05) is 0 Å². The van der Waals surface area contributed by atoms with Gasteiger partial charge in [0.1, 0.15) is 0 Å². The van der Waals surface area contributed by atoms with E-state index >= 15 is 0 Å². The van der Waals surface area contributed by atoms with Crippen LogP contribution in [-0.2, 0) is 4.74 Å². The molecule has 3 heterocycles. The van der Waals surface area contributed by atoms with Crippen LogP contribution < -0.4 is 0 Å². The van der Waals surface area contributed by atoms with Crippen molar-refractivity contribution in [3.05, 3.63) is 24.0 Å². The predicted octanol–water partition coefficient (Wildman–Crippen LogP) is 2.35. The van der Waals surface area contributed by atoms with E-state index in [1.54, 1.807) is 18.5 Å². The number of hydrogen-bond donors (Lipinski definition) is 0. The molecule has 0 bridgehead atoms. The second kappa shape index (κ2) is 5.59. The van der Waals surface area contributed by atoms with Gasteiger partial charge < -0.3 is 4.74 Å². The van der Waals surface area contributed by atoms with Gasteiger partial charge in [-0.25, -0.2) is 0 Å². The third-order valence-corrected chi connectivity index (χ3v) is 5.12. The van der Waals surface area contributed by atoms with Gasteiger partial charge in [-0.2, -0.15) is 22.0 Å². The van der Waals surface area contributed by atoms with Gasteiger partial charge in [0, 0.05) is 18.1 Å². The van der Waals surface area contributed by atoms with E-state index in [-0.39, 0.29) is 17.3 Å². The molecule has 0 radical (unpaired) electrons. The SMILES string of the molecule is O=C(c1ccnnc1)C1CCOC2(CCSCC2)C1. The second-order valence-corrected chi connectivity index (χ2v) is 6.55. The fourth-order valence-electron chi connectivity index (χ4n) is 3.02. The number of carbonyl (C=O) groups is 1. The third kappa shape index (κ3) is 2.82. The lowest BCUT2D eigenvalue weighted by Crippen LogP contribution is -2.44. The van der Waals surface area contributed by atoms with Crippen molar-refractivity contribution in [2.75, 3.05) is 18.1 Å². The van der Waals surface area contributed by atoms with Gasteiger partial charge in [0.2, 0.25) is 0 Å². The average Bonchev–Trinajstić information content (AvgIpc) is 2.48. The van der Waals surface area contributed by atoms with Crippen LogP contribution in [0.1, 0.15) is 36.0 Å². The Labute approximate surface area is 117 Å². The first-order valence-electron chi connectivity index (χ1n) is 6.82. The van der Waals surface area contributed by atoms with Crippen molar-refractivity contribution in [2.45, 2.75) is 31.3 Å². The molecule has 1 unspecified atom stereocenters. The Morgan fingerprint density at radius 3 is 2.95 bits per heavy atom. The van der Waals surface area contributed by atoms with Crippen LogP contribution in [0, 0.1) is 5.92 Å². The molecule has 4 nitrogen and oxygen atoms in total. The molecule has 5 heteroatoms. The summed E-state index contributed by atoms with van der Waals surface area (Å²) in [6.07, 6.45) is 7.01. The van der Waals surface area contributed by atoms with Gasteiger partial charge in [-0.15, -0.1) is 0 Å². The molecule has 2 saturated heterocycles. The predicted molar refractivity (Wildman–Crippen MR) is 74.3 cm³/mol. The average molecular weight is 278 g/mol. The highest BCUT2D eigenvalue weighted by atomic mass is 32.2. The fourth-order valence-corrected chi connectivity index (χ4v) is 4.25. The second-order valence-electron chi connectivity index (χ2n) is 5.33. The van der Waals surface area contributed by atoms with Crippen LogP contribution in [0.15, 0.2) is 18.5 Å². The van der Waals surface area contributed by atoms with Crippen molar-refractivity contribution < 1.29 is 9.53 Å². The number of nitrogens with zero attached hydrogens (tertiary/aromatic N) is 2. The lowest BCUT2D eigenvalue weighted by Gasteiger charge is -2.42. The normalized spacial score (nSPS) is 26.2. The number of ketones is 1. The molecule has 1 aromatic heterocycles. The highest BCUT2D eigenvalue weighted by Gasteiger charge is 2.41. The number of thioether (sulfide) groups is 1. The number of ether oxygens (including phenoxy) is 1. The summed E-state index contributed by atoms with van der Waals surface area (Å²) < 4.78 is 6.03. The van der Waals surface area contributed by atoms with E-state index in [0.29, 0.717) is 12.2 Å². The molecule has 0 N–H and O–H groups in total. The molecule has 2 aliphatic rings. The highest BCUT2D eigenvalue weighted by molar-refractivity contribution is 7.99. The Balaban J connectivity index is 1.73. The monoisotopic (exact) mass is 278 g/mol. The summed E-state index contributed by atoms with van der Waals surface area (Å²) in [6.45, 7) is 0.708. The van der Waals surface area contributed by atoms with Gasteiger partial charge >= 0.3 is 0 Å². The van der Waals surface area contributed by atoms with Gasteiger partial charge in [0.25, 0.3) is 0 Å². The Hall–Kier alpha value is -0.940. The summed E-state index contributed by atoms with van der Waals surface area (Å²) in [5.74, 6) is 2.59. The molecule has 0 aromatic carbocycles. The largest absolute Gasteiger partial charge is 0.375 e. The molecule has 19 heavy (non-hydrogen) atoms. The Morgan fingerprint density at radius 2 is 2.21 bits per heavy atom. The molecule has 1 spiro atoms. The minimum atomic E-state index is -0.0374. The molecule has 102 valence electrons. The summed E-state index contributed by atoms with van der Waals surface area (Å²) in [6, 6.07) is 1.76. The van der Waals surface area contributed by atoms with Crippen LogP contribution in [0.25, 0.3) is 0 Å². The smallest absolute Gasteiger partial charge is 0.167 e. The third-order valence-electron chi connectivity index (χ3n) is 4.14. The summed E-state index contributed by atoms with van der Waals surface area (Å²) >= 11 is 1.99. The Kier molecular flexibility index (Phi) is 3.84. The summed E-state index contributed by atoms with van der Waals surface area (Å²) in [4.78, 5) is 12.5. The number of hydrogen-bond acceptors (Lipinski definition) is 5. The van der Waals surface area contributed by atoms with Crippen molar-refractivity contribution in [3.8, 4) is 0 Å². The van der Waals surface area contributed by atoms with Gasteiger partial charge in [-0.05, 0) is 43.3 Å². The number of carbonyl (C=O) groups excluding carboxylic acids is 1. The lowest BCUT2D eigenvalue weighted by molar-refractivity contribution is -0.0959. The van der Waals surface area contributed by atoms with Crippen LogP contribution in [0.4, 0.5) is 0 Å². The minimum Gasteiger partial charge on any atom is -0.375 e. The van der Waals surface area contributed by atoms with E-state index in [1.165, 1.54) is 0 Å². The first-order chi connectivity index (χ1) is 9.29. The van der Waals surface area contributed by atoms with Crippen molar-refractivity contribution in [1.29, 1.82) is 0 Å². The van der Waals surface area contributed by atoms with Gasteiger partial charge in [0.15, 0.2) is 5.78 Å². The van der Waals surface area contributed by atoms with Crippen molar-refractivity contribution in [3.63, 3.8) is 0 Å². The molecule has 3 rings (SSSR count). The first kappa shape index (κ1) is 13.1. The van der Waals surface area contributed by atoms with E-state index in [9.17, 15) is 4.79 Å². The highest BCUT2D eigenvalue weighted by Crippen LogP contribution is 2.40. The zero-order chi connectivity index (χ0) is 13.1. The molecule has 0 aliphatic carbocycles. The first-order valence-corrected chi connectivity index (χ1v) is 7.97. The quantitative estimate of drug-likeness (QED) is 0.777. The fraction of sp³-hybridized carbons (Fsp3) is 0.643. The minimum absolute atomic E-state index is 0.0374. The maximum Gasteiger partial charge on any atom is 0.167 e. The lowest BCUT2D eigenvalue weighted by atomic mass is 9.79. The molecular weight excluding hydrogens is 260 g/mol. The van der Waals surface area contributed by atoms with Crippen molar-refractivity contribution in [2.24, 2.45) is 5.92 Å². The zero-order valence-corrected chi connectivity index (χ0v) is 11.7. The Morgan fingerprint density at radius 1 is 1.37 bits per heavy atom. The van der Waals surface area contributed by atoms with E-state index < -0.39 is 0 Å². The molecule has 1 atom stereocenters. The molecular formula is C14H18N2O2S. The number of Topliss-reactive ketones (excluding diaryl/α,β-unsaturated/α-hetero) is 1. The molecule has 1 aromatic rings. The summed E-state index contributed by atoms with van der Waals surface area (Å²) in [7, 11) is 0. The van der Waals surface area contributed by atoms with Crippen LogP contribution in [-0.4, -0.2) is 39.7 Å². The number of rotatable bonds is 2. The van der Waals surface area contributed by atoms with Crippen LogP contribution in [0.5, 0.6) is 0 Å². The zero-order valence-electron chi connectivity index (χ0n) is 10.9. The van der Waals surface area contributed by atoms with Gasteiger partial charge in [0.05, 0.1) is 18.0 Å². The van der Waals surface area contributed by atoms with Gasteiger partial charge in [-0.3, -0.25) is 4.79 Å². The molecule has 0 saturated carbocycles. The molecule has 2 fully saturated rings. The van der Waals surface area contributed by atoms with E-state index in [1.807, 2.05) is 11.8 Å². The summed E-state index contributed by atoms with van der Waals surface area (Å²) in [5, 5.41) is 7.53. The Bertz CT molecular complexity index is 441. The maximum absolute atomic E-state index is 12.5. The van der Waals surface area contributed by atoms with Crippen molar-refractivity contribution >= 4 is 17.5 Å². The van der Waals surface area contributed by atoms with E-state index in [0.717, 1.165) is 37.2 Å². The van der Waals surface area contributed by atoms with E-state index in [2.05, 4.69) is 10.2 Å². The van der Waals surface area contributed by atoms with Crippen LogP contribution in [0.2, 0.25) is 0 Å². The van der Waals surface area contributed by atoms with Crippen LogP contribution in [0.3, 0.4) is 0 Å². The topological polar surface area (TPSA) is 52.1 Å². The number of aromatic nitrogens is 2. The maximum atomic E-state index is 12.5. The standard InChI is InChI=1S/C14H18N2O2S/c17-13(12-1-5-15-16-10-12)11-2-6-18-14(9-11)3-7-19-8-4-14/h1,5,10-11H,2-4,6-9H2. The summed E-state index contributed by atoms with van der Waals surface area (Å²) in [5.41, 5.74) is 0.645.